The van der Waals surface area contributed by atoms with E-state index in [4.69, 9.17) is 34.8 Å². The minimum atomic E-state index is 0.117. The summed E-state index contributed by atoms with van der Waals surface area (Å²) in [6.07, 6.45) is 3.50. The zero-order valence-corrected chi connectivity index (χ0v) is 17.2. The molecule has 0 unspecified atom stereocenters. The molecule has 1 heterocycles. The lowest BCUT2D eigenvalue weighted by molar-refractivity contribution is 1.33. The molecule has 0 spiro atoms. The van der Waals surface area contributed by atoms with Crippen LogP contribution in [0, 0.1) is 0 Å². The summed E-state index contributed by atoms with van der Waals surface area (Å²) in [7, 11) is 0. The van der Waals surface area contributed by atoms with Gasteiger partial charge in [0.25, 0.3) is 0 Å². The molecular formula is C23H17BCl3N. The van der Waals surface area contributed by atoms with Gasteiger partial charge in [-0.25, -0.2) is 0 Å². The Kier molecular flexibility index (Phi) is 7.56. The second-order valence-electron chi connectivity index (χ2n) is 6.11. The van der Waals surface area contributed by atoms with Crippen molar-refractivity contribution in [2.75, 3.05) is 0 Å². The Bertz CT molecular complexity index is 838. The molecule has 0 amide bonds. The predicted octanol–water partition coefficient (Wildman–Crippen LogP) is 5.24. The Labute approximate surface area is 181 Å². The van der Waals surface area contributed by atoms with Gasteiger partial charge < -0.3 is 0 Å². The van der Waals surface area contributed by atoms with E-state index in [0.29, 0.717) is 0 Å². The van der Waals surface area contributed by atoms with Gasteiger partial charge in [0.1, 0.15) is 0 Å². The molecule has 0 N–H and O–H groups in total. The van der Waals surface area contributed by atoms with Gasteiger partial charge in [0.15, 0.2) is 0 Å². The van der Waals surface area contributed by atoms with Crippen molar-refractivity contribution >= 4 is 57.9 Å². The molecule has 0 saturated carbocycles. The van der Waals surface area contributed by atoms with Gasteiger partial charge in [-0.15, -0.1) is 0 Å². The molecular weight excluding hydrogens is 407 g/mol. The highest BCUT2D eigenvalue weighted by atomic mass is 35.5. The lowest BCUT2D eigenvalue weighted by atomic mass is 9.37. The normalized spacial score (nSPS) is 9.96. The zero-order chi connectivity index (χ0) is 19.8. The SMILES string of the molecule is Clc1ccc(B(c2ccc(Cl)cc2)c2ccc(Cl)cc2)cc1.c1ccncc1. The third kappa shape index (κ3) is 5.87. The minimum absolute atomic E-state index is 0.117. The van der Waals surface area contributed by atoms with E-state index in [2.05, 4.69) is 41.4 Å². The van der Waals surface area contributed by atoms with Gasteiger partial charge in [-0.05, 0) is 48.5 Å². The van der Waals surface area contributed by atoms with Crippen LogP contribution in [0.15, 0.2) is 103 Å². The van der Waals surface area contributed by atoms with Crippen LogP contribution >= 0.6 is 34.8 Å². The van der Waals surface area contributed by atoms with Crippen molar-refractivity contribution in [3.05, 3.63) is 118 Å². The standard InChI is InChI=1S/C18H12BCl3.C5H5N/c20-16-7-1-13(2-8-16)19(14-3-9-17(21)10-4-14)15-5-11-18(22)12-6-15;1-2-4-6-5-3-1/h1-12H;1-5H. The highest BCUT2D eigenvalue weighted by molar-refractivity contribution is 6.95. The van der Waals surface area contributed by atoms with Crippen molar-refractivity contribution in [3.8, 4) is 0 Å². The Hall–Kier alpha value is -2.26. The van der Waals surface area contributed by atoms with Crippen molar-refractivity contribution in [2.45, 2.75) is 0 Å². The van der Waals surface area contributed by atoms with Gasteiger partial charge in [-0.2, -0.15) is 0 Å². The summed E-state index contributed by atoms with van der Waals surface area (Å²) in [5.74, 6) is 0. The van der Waals surface area contributed by atoms with Crippen LogP contribution in [0.2, 0.25) is 15.1 Å². The molecule has 0 radical (unpaired) electrons. The Morgan fingerprint density at radius 1 is 0.464 bits per heavy atom. The highest BCUT2D eigenvalue weighted by Gasteiger charge is 2.21. The van der Waals surface area contributed by atoms with E-state index >= 15 is 0 Å². The molecule has 0 bridgehead atoms. The van der Waals surface area contributed by atoms with Crippen molar-refractivity contribution in [3.63, 3.8) is 0 Å². The first-order valence-electron chi connectivity index (χ1n) is 8.75. The molecule has 28 heavy (non-hydrogen) atoms. The number of benzene rings is 3. The smallest absolute Gasteiger partial charge is 0.241 e. The van der Waals surface area contributed by atoms with Crippen molar-refractivity contribution in [1.82, 2.24) is 4.98 Å². The van der Waals surface area contributed by atoms with Crippen LogP contribution in [0.1, 0.15) is 0 Å². The number of aromatic nitrogens is 1. The van der Waals surface area contributed by atoms with Crippen molar-refractivity contribution in [2.24, 2.45) is 0 Å². The number of halogens is 3. The summed E-state index contributed by atoms with van der Waals surface area (Å²) in [6.45, 7) is 0.117. The van der Waals surface area contributed by atoms with Crippen LogP contribution in [0.4, 0.5) is 0 Å². The molecule has 1 nitrogen and oxygen atoms in total. The van der Waals surface area contributed by atoms with E-state index in [1.807, 2.05) is 54.6 Å². The molecule has 0 fully saturated rings. The lowest BCUT2D eigenvalue weighted by Gasteiger charge is -2.16. The van der Waals surface area contributed by atoms with Crippen LogP contribution in [0.25, 0.3) is 0 Å². The molecule has 1 aromatic heterocycles. The summed E-state index contributed by atoms with van der Waals surface area (Å²) < 4.78 is 0. The summed E-state index contributed by atoms with van der Waals surface area (Å²) in [6, 6.07) is 29.5. The maximum Gasteiger partial charge on any atom is 0.241 e. The van der Waals surface area contributed by atoms with Crippen LogP contribution in [0.3, 0.4) is 0 Å². The van der Waals surface area contributed by atoms with E-state index in [1.54, 1.807) is 12.4 Å². The fraction of sp³-hybridized carbons (Fsp3) is 0. The largest absolute Gasteiger partial charge is 0.265 e. The molecule has 0 saturated heterocycles. The number of pyridine rings is 1. The van der Waals surface area contributed by atoms with E-state index in [1.165, 1.54) is 16.4 Å². The maximum atomic E-state index is 6.02. The lowest BCUT2D eigenvalue weighted by Crippen LogP contribution is -2.51. The van der Waals surface area contributed by atoms with Crippen LogP contribution in [-0.4, -0.2) is 11.7 Å². The molecule has 0 aliphatic heterocycles. The summed E-state index contributed by atoms with van der Waals surface area (Å²) >= 11 is 18.0. The van der Waals surface area contributed by atoms with Gasteiger partial charge in [-0.3, -0.25) is 4.98 Å². The molecule has 3 aromatic carbocycles. The van der Waals surface area contributed by atoms with Crippen LogP contribution in [0.5, 0.6) is 0 Å². The first-order chi connectivity index (χ1) is 13.6. The third-order valence-electron chi connectivity index (χ3n) is 4.18. The van der Waals surface area contributed by atoms with Gasteiger partial charge in [-0.1, -0.05) is 93.7 Å². The third-order valence-corrected chi connectivity index (χ3v) is 4.93. The van der Waals surface area contributed by atoms with E-state index in [9.17, 15) is 0 Å². The highest BCUT2D eigenvalue weighted by Crippen LogP contribution is 2.09. The summed E-state index contributed by atoms with van der Waals surface area (Å²) in [5, 5.41) is 2.19. The number of nitrogens with zero attached hydrogens (tertiary/aromatic N) is 1. The molecule has 138 valence electrons. The Morgan fingerprint density at radius 2 is 0.786 bits per heavy atom. The van der Waals surface area contributed by atoms with Gasteiger partial charge in [0, 0.05) is 27.5 Å². The fourth-order valence-corrected chi connectivity index (χ4v) is 3.23. The second-order valence-corrected chi connectivity index (χ2v) is 7.42. The number of hydrogen-bond acceptors (Lipinski definition) is 1. The molecule has 5 heteroatoms. The topological polar surface area (TPSA) is 12.9 Å². The second kappa shape index (κ2) is 10.3. The molecule has 0 aliphatic carbocycles. The Balaban J connectivity index is 0.000000320. The quantitative estimate of drug-likeness (QED) is 0.410. The average Bonchev–Trinajstić information content (AvgIpc) is 2.74. The number of rotatable bonds is 3. The molecule has 0 atom stereocenters. The van der Waals surface area contributed by atoms with Gasteiger partial charge >= 0.3 is 0 Å². The monoisotopic (exact) mass is 423 g/mol. The van der Waals surface area contributed by atoms with Crippen LogP contribution in [-0.2, 0) is 0 Å². The molecule has 4 rings (SSSR count). The summed E-state index contributed by atoms with van der Waals surface area (Å²) in [4.78, 5) is 3.78. The zero-order valence-electron chi connectivity index (χ0n) is 15.0. The molecule has 0 aliphatic rings. The Morgan fingerprint density at radius 3 is 1.00 bits per heavy atom. The van der Waals surface area contributed by atoms with Crippen LogP contribution < -0.4 is 16.4 Å². The number of hydrogen-bond donors (Lipinski definition) is 0. The summed E-state index contributed by atoms with van der Waals surface area (Å²) in [5.41, 5.74) is 3.53. The average molecular weight is 425 g/mol. The van der Waals surface area contributed by atoms with E-state index in [0.717, 1.165) is 15.1 Å². The first-order valence-corrected chi connectivity index (χ1v) is 9.88. The van der Waals surface area contributed by atoms with Crippen molar-refractivity contribution < 1.29 is 0 Å². The molecule has 4 aromatic rings. The van der Waals surface area contributed by atoms with E-state index in [-0.39, 0.29) is 6.71 Å². The predicted molar refractivity (Wildman–Crippen MR) is 123 cm³/mol. The van der Waals surface area contributed by atoms with Crippen molar-refractivity contribution in [1.29, 1.82) is 0 Å². The maximum absolute atomic E-state index is 6.02. The first kappa shape index (κ1) is 20.5. The fourth-order valence-electron chi connectivity index (χ4n) is 2.86. The van der Waals surface area contributed by atoms with E-state index < -0.39 is 0 Å². The van der Waals surface area contributed by atoms with Gasteiger partial charge in [0.2, 0.25) is 6.71 Å². The van der Waals surface area contributed by atoms with Gasteiger partial charge in [0.05, 0.1) is 0 Å². The minimum Gasteiger partial charge on any atom is -0.265 e.